The number of fused-ring (bicyclic) bond motifs is 9. The molecule has 8 aromatic carbocycles. The summed E-state index contributed by atoms with van der Waals surface area (Å²) in [5.74, 6) is 0. The van der Waals surface area contributed by atoms with E-state index in [1.54, 1.807) is 0 Å². The first-order chi connectivity index (χ1) is 23.2. The maximum atomic E-state index is 2.47. The van der Waals surface area contributed by atoms with Crippen molar-refractivity contribution < 1.29 is 0 Å². The maximum Gasteiger partial charge on any atom is 0.0547 e. The lowest BCUT2D eigenvalue weighted by molar-refractivity contribution is 1.19. The van der Waals surface area contributed by atoms with Crippen LogP contribution in [-0.2, 0) is 0 Å². The van der Waals surface area contributed by atoms with E-state index in [0.29, 0.717) is 0 Å². The summed E-state index contributed by atoms with van der Waals surface area (Å²) >= 11 is 0. The van der Waals surface area contributed by atoms with E-state index in [0.717, 1.165) is 0 Å². The fraction of sp³-hybridized carbons (Fsp3) is 0.0222. The first-order valence-corrected chi connectivity index (χ1v) is 16.3. The molecule has 0 atom stereocenters. The lowest BCUT2D eigenvalue weighted by Gasteiger charge is -2.19. The molecule has 0 saturated heterocycles. The Balaban J connectivity index is 1.40. The van der Waals surface area contributed by atoms with Gasteiger partial charge in [-0.25, -0.2) is 0 Å². The lowest BCUT2D eigenvalue weighted by atomic mass is 9.94. The summed E-state index contributed by atoms with van der Waals surface area (Å²) < 4.78 is 4.94. The van der Waals surface area contributed by atoms with E-state index in [-0.39, 0.29) is 0 Å². The van der Waals surface area contributed by atoms with Crippen LogP contribution < -0.4 is 0 Å². The zero-order valence-corrected chi connectivity index (χ0v) is 26.0. The highest BCUT2D eigenvalue weighted by Crippen LogP contribution is 2.42. The van der Waals surface area contributed by atoms with Gasteiger partial charge in [-0.3, -0.25) is 0 Å². The Bertz CT molecular complexity index is 2760. The van der Waals surface area contributed by atoms with Crippen LogP contribution in [0.1, 0.15) is 5.56 Å². The summed E-state index contributed by atoms with van der Waals surface area (Å²) in [7, 11) is 0. The Kier molecular flexibility index (Phi) is 5.53. The topological polar surface area (TPSA) is 9.86 Å². The van der Waals surface area contributed by atoms with Gasteiger partial charge in [-0.15, -0.1) is 0 Å². The third kappa shape index (κ3) is 3.79. The molecule has 0 aliphatic carbocycles. The summed E-state index contributed by atoms with van der Waals surface area (Å²) in [6.45, 7) is 2.16. The molecule has 2 heteroatoms. The van der Waals surface area contributed by atoms with Crippen LogP contribution in [0, 0.1) is 6.92 Å². The molecule has 0 aliphatic rings. The van der Waals surface area contributed by atoms with Crippen molar-refractivity contribution in [3.8, 4) is 22.5 Å². The van der Waals surface area contributed by atoms with Gasteiger partial charge >= 0.3 is 0 Å². The Morgan fingerprint density at radius 1 is 0.340 bits per heavy atom. The Morgan fingerprint density at radius 3 is 1.40 bits per heavy atom. The lowest BCUT2D eigenvalue weighted by Crippen LogP contribution is -2.00. The molecule has 2 nitrogen and oxygen atoms in total. The van der Waals surface area contributed by atoms with E-state index in [4.69, 9.17) is 0 Å². The molecule has 0 bridgehead atoms. The Labute approximate surface area is 272 Å². The van der Waals surface area contributed by atoms with Crippen molar-refractivity contribution in [2.45, 2.75) is 6.92 Å². The van der Waals surface area contributed by atoms with E-state index in [9.17, 15) is 0 Å². The molecule has 10 rings (SSSR count). The fourth-order valence-corrected chi connectivity index (χ4v) is 7.90. The minimum atomic E-state index is 1.19. The first kappa shape index (κ1) is 26.1. The van der Waals surface area contributed by atoms with Gasteiger partial charge in [0, 0.05) is 32.3 Å². The molecule has 2 heterocycles. The third-order valence-electron chi connectivity index (χ3n) is 9.93. The average molecular weight is 599 g/mol. The zero-order valence-electron chi connectivity index (χ0n) is 26.0. The predicted octanol–water partition coefficient (Wildman–Crippen LogP) is 12.2. The number of benzene rings is 8. The molecule has 47 heavy (non-hydrogen) atoms. The smallest absolute Gasteiger partial charge is 0.0547 e. The normalized spacial score (nSPS) is 11.9. The Hall–Kier alpha value is -6.12. The average Bonchev–Trinajstić information content (AvgIpc) is 3.64. The summed E-state index contributed by atoms with van der Waals surface area (Å²) in [6.07, 6.45) is 0. The summed E-state index contributed by atoms with van der Waals surface area (Å²) in [4.78, 5) is 0. The van der Waals surface area contributed by atoms with Crippen molar-refractivity contribution in [1.29, 1.82) is 0 Å². The van der Waals surface area contributed by atoms with Crippen LogP contribution in [0.25, 0.3) is 87.7 Å². The number of para-hydroxylation sites is 4. The second kappa shape index (κ2) is 9.94. The third-order valence-corrected chi connectivity index (χ3v) is 9.93. The van der Waals surface area contributed by atoms with Gasteiger partial charge in [0.2, 0.25) is 0 Å². The molecule has 0 unspecified atom stereocenters. The predicted molar refractivity (Wildman–Crippen MR) is 200 cm³/mol. The van der Waals surface area contributed by atoms with Gasteiger partial charge in [-0.2, -0.15) is 0 Å². The van der Waals surface area contributed by atoms with Crippen molar-refractivity contribution in [3.05, 3.63) is 169 Å². The molecule has 0 radical (unpaired) electrons. The van der Waals surface area contributed by atoms with Gasteiger partial charge in [0.05, 0.1) is 33.4 Å². The van der Waals surface area contributed by atoms with E-state index >= 15 is 0 Å². The van der Waals surface area contributed by atoms with Crippen LogP contribution in [0.5, 0.6) is 0 Å². The molecule has 2 aromatic heterocycles. The Morgan fingerprint density at radius 2 is 0.830 bits per heavy atom. The fourth-order valence-electron chi connectivity index (χ4n) is 7.90. The van der Waals surface area contributed by atoms with Crippen molar-refractivity contribution in [3.63, 3.8) is 0 Å². The van der Waals surface area contributed by atoms with Crippen LogP contribution in [0.3, 0.4) is 0 Å². The minimum absolute atomic E-state index is 1.19. The second-order valence-electron chi connectivity index (χ2n) is 12.6. The molecular formula is C45H30N2. The summed E-state index contributed by atoms with van der Waals surface area (Å²) in [6, 6.07) is 60.2. The van der Waals surface area contributed by atoms with E-state index < -0.39 is 0 Å². The largest absolute Gasteiger partial charge is 0.309 e. The molecular weight excluding hydrogens is 569 g/mol. The summed E-state index contributed by atoms with van der Waals surface area (Å²) in [5, 5.41) is 10.0. The second-order valence-corrected chi connectivity index (χ2v) is 12.6. The van der Waals surface area contributed by atoms with Crippen molar-refractivity contribution in [1.82, 2.24) is 9.13 Å². The highest BCUT2D eigenvalue weighted by Gasteiger charge is 2.20. The number of nitrogens with zero attached hydrogens (tertiary/aromatic N) is 2. The molecule has 220 valence electrons. The maximum absolute atomic E-state index is 2.47. The molecule has 0 saturated carbocycles. The van der Waals surface area contributed by atoms with Crippen LogP contribution in [0.4, 0.5) is 0 Å². The SMILES string of the molecule is Cc1cccc(-c2ccc3cc(-n4c5ccccc5c5ccccc54)c4cccc(-n5c6ccccc6c6ccccc65)c4c3c2)c1. The van der Waals surface area contributed by atoms with Gasteiger partial charge in [-0.05, 0) is 71.3 Å². The molecule has 0 fully saturated rings. The number of hydrogen-bond acceptors (Lipinski definition) is 0. The van der Waals surface area contributed by atoms with Gasteiger partial charge in [0.1, 0.15) is 0 Å². The molecule has 10 aromatic rings. The number of hydrogen-bond donors (Lipinski definition) is 0. The van der Waals surface area contributed by atoms with Gasteiger partial charge in [-0.1, -0.05) is 127 Å². The van der Waals surface area contributed by atoms with Crippen LogP contribution in [-0.4, -0.2) is 9.13 Å². The monoisotopic (exact) mass is 598 g/mol. The van der Waals surface area contributed by atoms with E-state index in [1.807, 2.05) is 0 Å². The zero-order chi connectivity index (χ0) is 31.1. The van der Waals surface area contributed by atoms with Crippen LogP contribution >= 0.6 is 0 Å². The summed E-state index contributed by atoms with van der Waals surface area (Å²) in [5.41, 5.74) is 11.0. The van der Waals surface area contributed by atoms with E-state index in [2.05, 4.69) is 180 Å². The molecule has 0 spiro atoms. The van der Waals surface area contributed by atoms with Crippen LogP contribution in [0.2, 0.25) is 0 Å². The molecule has 0 aliphatic heterocycles. The molecule has 0 amide bonds. The van der Waals surface area contributed by atoms with Crippen molar-refractivity contribution in [2.75, 3.05) is 0 Å². The quantitative estimate of drug-likeness (QED) is 0.179. The minimum Gasteiger partial charge on any atom is -0.309 e. The van der Waals surface area contributed by atoms with Crippen molar-refractivity contribution >= 4 is 65.2 Å². The first-order valence-electron chi connectivity index (χ1n) is 16.3. The number of rotatable bonds is 3. The number of aromatic nitrogens is 2. The van der Waals surface area contributed by atoms with Gasteiger partial charge in [0.15, 0.2) is 0 Å². The molecule has 0 N–H and O–H groups in total. The highest BCUT2D eigenvalue weighted by atomic mass is 15.0. The van der Waals surface area contributed by atoms with Gasteiger partial charge in [0.25, 0.3) is 0 Å². The highest BCUT2D eigenvalue weighted by molar-refractivity contribution is 6.19. The standard InChI is InChI=1S/C45H30N2/c1-29-12-10-13-30(26-29)31-24-25-32-28-44(47-41-21-8-4-16-35(41)36-17-5-9-22-42(36)47)37-18-11-23-43(45(37)38(32)27-31)46-39-19-6-2-14-33(39)34-15-3-7-20-40(34)46/h2-28H,1H3. The van der Waals surface area contributed by atoms with Gasteiger partial charge < -0.3 is 9.13 Å². The number of aryl methyl sites for hydroxylation is 1. The van der Waals surface area contributed by atoms with Crippen molar-refractivity contribution in [2.24, 2.45) is 0 Å². The van der Waals surface area contributed by atoms with E-state index in [1.165, 1.54) is 93.2 Å². The van der Waals surface area contributed by atoms with Crippen LogP contribution in [0.15, 0.2) is 164 Å².